The van der Waals surface area contributed by atoms with E-state index in [1.54, 1.807) is 24.3 Å². The lowest BCUT2D eigenvalue weighted by atomic mass is 10.1. The quantitative estimate of drug-likeness (QED) is 0.303. The summed E-state index contributed by atoms with van der Waals surface area (Å²) in [6, 6.07) is 4.00. The van der Waals surface area contributed by atoms with E-state index in [2.05, 4.69) is 15.9 Å². The van der Waals surface area contributed by atoms with Gasteiger partial charge < -0.3 is 4.74 Å². The van der Waals surface area contributed by atoms with E-state index in [9.17, 15) is 4.79 Å². The molecule has 0 aliphatic heterocycles. The molecule has 18 heavy (non-hydrogen) atoms. The number of allylic oxidation sites excluding steroid dienone is 1. The van der Waals surface area contributed by atoms with Crippen LogP contribution < -0.4 is 0 Å². The highest BCUT2D eigenvalue weighted by Gasteiger charge is 2.08. The number of halogens is 2. The fourth-order valence-electron chi connectivity index (χ4n) is 1.49. The molecule has 0 radical (unpaired) electrons. The number of alkyl halides is 1. The molecule has 0 atom stereocenters. The molecule has 1 heterocycles. The zero-order valence-corrected chi connectivity index (χ0v) is 13.4. The second-order valence-electron chi connectivity index (χ2n) is 3.67. The normalized spacial score (nSPS) is 11.6. The molecule has 0 bridgehead atoms. The number of ether oxygens (including phenoxy) is 1. The molecule has 1 aromatic rings. The highest BCUT2D eigenvalue weighted by atomic mass is 79.9. The third kappa shape index (κ3) is 5.55. The van der Waals surface area contributed by atoms with Gasteiger partial charge in [0.25, 0.3) is 0 Å². The summed E-state index contributed by atoms with van der Waals surface area (Å²) in [5.41, 5.74) is 1.02. The first-order valence-corrected chi connectivity index (χ1v) is 8.00. The Morgan fingerprint density at radius 2 is 2.28 bits per heavy atom. The van der Waals surface area contributed by atoms with E-state index in [0.29, 0.717) is 12.5 Å². The van der Waals surface area contributed by atoms with E-state index in [4.69, 9.17) is 16.3 Å². The number of hydrogen-bond donors (Lipinski definition) is 0. The lowest BCUT2D eigenvalue weighted by Crippen LogP contribution is -2.00. The Bertz CT molecular complexity index is 415. The van der Waals surface area contributed by atoms with Crippen molar-refractivity contribution < 1.29 is 9.53 Å². The van der Waals surface area contributed by atoms with Crippen LogP contribution in [0.2, 0.25) is 0 Å². The van der Waals surface area contributed by atoms with Crippen molar-refractivity contribution in [2.75, 3.05) is 12.5 Å². The minimum absolute atomic E-state index is 0.275. The molecule has 0 fully saturated rings. The largest absolute Gasteiger partial charge is 0.463 e. The third-order valence-electron chi connectivity index (χ3n) is 2.30. The van der Waals surface area contributed by atoms with Gasteiger partial charge in [-0.2, -0.15) is 0 Å². The van der Waals surface area contributed by atoms with Crippen molar-refractivity contribution in [3.63, 3.8) is 0 Å². The lowest BCUT2D eigenvalue weighted by Gasteiger charge is -2.05. The van der Waals surface area contributed by atoms with Crippen molar-refractivity contribution in [1.29, 1.82) is 0 Å². The van der Waals surface area contributed by atoms with E-state index < -0.39 is 0 Å². The SMILES string of the molecule is CCOC(=O)C=C(CCCCCl)c1ccc(Br)s1. The molecule has 0 spiro atoms. The molecule has 100 valence electrons. The molecule has 0 saturated heterocycles. The smallest absolute Gasteiger partial charge is 0.331 e. The standard InChI is InChI=1S/C13H16BrClO2S/c1-2-17-13(16)9-10(5-3-4-8-15)11-6-7-12(14)18-11/h6-7,9H,2-5,8H2,1H3. The Hall–Kier alpha value is -0.320. The first-order chi connectivity index (χ1) is 8.67. The van der Waals surface area contributed by atoms with E-state index in [0.717, 1.165) is 33.5 Å². The molecule has 0 amide bonds. The van der Waals surface area contributed by atoms with Gasteiger partial charge in [-0.25, -0.2) is 4.79 Å². The zero-order chi connectivity index (χ0) is 13.4. The zero-order valence-electron chi connectivity index (χ0n) is 10.2. The van der Waals surface area contributed by atoms with Crippen molar-refractivity contribution in [2.45, 2.75) is 26.2 Å². The van der Waals surface area contributed by atoms with Crippen LogP contribution in [0, 0.1) is 0 Å². The van der Waals surface area contributed by atoms with Crippen molar-refractivity contribution in [2.24, 2.45) is 0 Å². The van der Waals surface area contributed by atoms with Gasteiger partial charge in [-0.1, -0.05) is 0 Å². The molecule has 0 saturated carbocycles. The summed E-state index contributed by atoms with van der Waals surface area (Å²) >= 11 is 10.7. The molecule has 0 aliphatic carbocycles. The van der Waals surface area contributed by atoms with Crippen LogP contribution in [0.3, 0.4) is 0 Å². The highest BCUT2D eigenvalue weighted by molar-refractivity contribution is 9.11. The number of unbranched alkanes of at least 4 members (excludes halogenated alkanes) is 1. The molecule has 1 rings (SSSR count). The molecule has 1 aromatic heterocycles. The number of rotatable bonds is 7. The Morgan fingerprint density at radius 1 is 1.50 bits per heavy atom. The predicted molar refractivity (Wildman–Crippen MR) is 81.2 cm³/mol. The van der Waals surface area contributed by atoms with Crippen molar-refractivity contribution in [3.05, 3.63) is 26.9 Å². The van der Waals surface area contributed by atoms with Crippen LogP contribution in [0.4, 0.5) is 0 Å². The summed E-state index contributed by atoms with van der Waals surface area (Å²) in [5.74, 6) is 0.378. The van der Waals surface area contributed by atoms with E-state index >= 15 is 0 Å². The second-order valence-corrected chi connectivity index (χ2v) is 6.51. The Balaban J connectivity index is 2.77. The van der Waals surface area contributed by atoms with Crippen molar-refractivity contribution >= 4 is 50.4 Å². The maximum Gasteiger partial charge on any atom is 0.331 e. The predicted octanol–water partition coefficient (Wildman–Crippen LogP) is 4.87. The molecule has 5 heteroatoms. The monoisotopic (exact) mass is 350 g/mol. The van der Waals surface area contributed by atoms with Crippen LogP contribution in [-0.2, 0) is 9.53 Å². The summed E-state index contributed by atoms with van der Waals surface area (Å²) in [5, 5.41) is 0. The number of carbonyl (C=O) groups is 1. The van der Waals surface area contributed by atoms with Crippen LogP contribution in [0.25, 0.3) is 5.57 Å². The van der Waals surface area contributed by atoms with Crippen LogP contribution in [0.1, 0.15) is 31.1 Å². The van der Waals surface area contributed by atoms with Gasteiger partial charge in [0.2, 0.25) is 0 Å². The van der Waals surface area contributed by atoms with Gasteiger partial charge >= 0.3 is 5.97 Å². The summed E-state index contributed by atoms with van der Waals surface area (Å²) in [7, 11) is 0. The van der Waals surface area contributed by atoms with Gasteiger partial charge in [-0.3, -0.25) is 0 Å². The maximum atomic E-state index is 11.5. The summed E-state index contributed by atoms with van der Waals surface area (Å²) in [4.78, 5) is 12.6. The first-order valence-electron chi connectivity index (χ1n) is 5.86. The van der Waals surface area contributed by atoms with Crippen molar-refractivity contribution in [3.8, 4) is 0 Å². The second kappa shape index (κ2) is 8.73. The third-order valence-corrected chi connectivity index (χ3v) is 4.26. The van der Waals surface area contributed by atoms with E-state index in [1.165, 1.54) is 0 Å². The summed E-state index contributed by atoms with van der Waals surface area (Å²) < 4.78 is 6.02. The number of esters is 1. The Labute approximate surface area is 125 Å². The van der Waals surface area contributed by atoms with Crippen LogP contribution in [0.15, 0.2) is 22.0 Å². The maximum absolute atomic E-state index is 11.5. The number of thiophene rings is 1. The fourth-order valence-corrected chi connectivity index (χ4v) is 3.11. The summed E-state index contributed by atoms with van der Waals surface area (Å²) in [6.07, 6.45) is 4.37. The first kappa shape index (κ1) is 15.7. The molecule has 0 aromatic carbocycles. The Kier molecular flexibility index (Phi) is 7.63. The molecular formula is C13H16BrClO2S. The Morgan fingerprint density at radius 3 is 2.83 bits per heavy atom. The van der Waals surface area contributed by atoms with Gasteiger partial charge in [0.15, 0.2) is 0 Å². The van der Waals surface area contributed by atoms with Gasteiger partial charge in [-0.05, 0) is 59.8 Å². The minimum Gasteiger partial charge on any atom is -0.463 e. The molecular weight excluding hydrogens is 336 g/mol. The average molecular weight is 352 g/mol. The number of carbonyl (C=O) groups excluding carboxylic acids is 1. The molecule has 0 N–H and O–H groups in total. The topological polar surface area (TPSA) is 26.3 Å². The van der Waals surface area contributed by atoms with E-state index in [1.807, 2.05) is 12.1 Å². The van der Waals surface area contributed by atoms with Crippen LogP contribution in [0.5, 0.6) is 0 Å². The highest BCUT2D eigenvalue weighted by Crippen LogP contribution is 2.31. The summed E-state index contributed by atoms with van der Waals surface area (Å²) in [6.45, 7) is 2.21. The van der Waals surface area contributed by atoms with Crippen molar-refractivity contribution in [1.82, 2.24) is 0 Å². The minimum atomic E-state index is -0.275. The molecule has 0 unspecified atom stereocenters. The fraction of sp³-hybridized carbons (Fsp3) is 0.462. The van der Waals surface area contributed by atoms with Gasteiger partial charge in [0.1, 0.15) is 0 Å². The van der Waals surface area contributed by atoms with Crippen LogP contribution >= 0.6 is 38.9 Å². The lowest BCUT2D eigenvalue weighted by molar-refractivity contribution is -0.137. The van der Waals surface area contributed by atoms with Gasteiger partial charge in [0.05, 0.1) is 10.4 Å². The average Bonchev–Trinajstić information content (AvgIpc) is 2.75. The number of hydrogen-bond acceptors (Lipinski definition) is 3. The van der Waals surface area contributed by atoms with E-state index in [-0.39, 0.29) is 5.97 Å². The molecule has 0 aliphatic rings. The van der Waals surface area contributed by atoms with Gasteiger partial charge in [0, 0.05) is 16.8 Å². The van der Waals surface area contributed by atoms with Crippen LogP contribution in [-0.4, -0.2) is 18.5 Å². The van der Waals surface area contributed by atoms with Gasteiger partial charge in [-0.15, -0.1) is 22.9 Å². The molecule has 2 nitrogen and oxygen atoms in total.